The second-order valence-corrected chi connectivity index (χ2v) is 7.05. The Morgan fingerprint density at radius 1 is 1.27 bits per heavy atom. The number of nitrogens with zero attached hydrogens (tertiary/aromatic N) is 5. The number of rotatable bonds is 5. The molecule has 12 heteroatoms. The number of hydrogen-bond acceptors (Lipinski definition) is 6. The largest absolute Gasteiger partial charge is 0.494 e. The fourth-order valence-corrected chi connectivity index (χ4v) is 3.46. The first-order valence-electron chi connectivity index (χ1n) is 9.50. The van der Waals surface area contributed by atoms with Crippen LogP contribution in [0.5, 0.6) is 11.5 Å². The topological polar surface area (TPSA) is 93.3 Å². The van der Waals surface area contributed by atoms with Gasteiger partial charge < -0.3 is 14.4 Å². The van der Waals surface area contributed by atoms with E-state index in [0.717, 1.165) is 6.07 Å². The number of benzene rings is 1. The predicted octanol–water partition coefficient (Wildman–Crippen LogP) is 3.38. The standard InChI is InChI=1S/C21H15F4N5O3/c1-32-18-12(7-26)4-5-16(33-11-21(23,24)25)17(18)20(31)29-8-13-9-30(28-15(13)10-29)19-14(22)3-2-6-27-19/h2-6,9H,8,10-11H2,1H3. The van der Waals surface area contributed by atoms with Crippen LogP contribution in [0.2, 0.25) is 0 Å². The normalized spacial score (nSPS) is 12.9. The zero-order valence-corrected chi connectivity index (χ0v) is 17.1. The summed E-state index contributed by atoms with van der Waals surface area (Å²) in [4.78, 5) is 18.5. The molecule has 1 aliphatic heterocycles. The average molecular weight is 461 g/mol. The van der Waals surface area contributed by atoms with Gasteiger partial charge in [-0.15, -0.1) is 0 Å². The Balaban J connectivity index is 1.64. The summed E-state index contributed by atoms with van der Waals surface area (Å²) < 4.78 is 63.4. The van der Waals surface area contributed by atoms with E-state index in [0.29, 0.717) is 11.3 Å². The summed E-state index contributed by atoms with van der Waals surface area (Å²) in [6.45, 7) is -1.56. The van der Waals surface area contributed by atoms with Crippen molar-refractivity contribution in [2.45, 2.75) is 19.3 Å². The number of carbonyl (C=O) groups is 1. The molecule has 0 N–H and O–H groups in total. The van der Waals surface area contributed by atoms with Crippen LogP contribution < -0.4 is 9.47 Å². The number of hydrogen-bond donors (Lipinski definition) is 0. The number of nitriles is 1. The number of aromatic nitrogens is 3. The van der Waals surface area contributed by atoms with Gasteiger partial charge in [0.1, 0.15) is 17.4 Å². The molecule has 4 rings (SSSR count). The molecule has 33 heavy (non-hydrogen) atoms. The molecule has 0 spiro atoms. The van der Waals surface area contributed by atoms with Gasteiger partial charge in [-0.2, -0.15) is 23.5 Å². The van der Waals surface area contributed by atoms with Gasteiger partial charge in [0, 0.05) is 24.5 Å². The van der Waals surface area contributed by atoms with Gasteiger partial charge in [0.15, 0.2) is 24.0 Å². The van der Waals surface area contributed by atoms with Crippen LogP contribution in [0.4, 0.5) is 17.6 Å². The summed E-state index contributed by atoms with van der Waals surface area (Å²) in [5, 5.41) is 13.6. The number of halogens is 4. The number of pyridine rings is 1. The molecule has 170 valence electrons. The first-order chi connectivity index (χ1) is 15.7. The maximum absolute atomic E-state index is 14.0. The van der Waals surface area contributed by atoms with Crippen LogP contribution >= 0.6 is 0 Å². The van der Waals surface area contributed by atoms with Gasteiger partial charge >= 0.3 is 6.18 Å². The lowest BCUT2D eigenvalue weighted by Gasteiger charge is -2.21. The summed E-state index contributed by atoms with van der Waals surface area (Å²) in [5.41, 5.74) is 0.755. The second kappa shape index (κ2) is 8.42. The molecular weight excluding hydrogens is 446 g/mol. The summed E-state index contributed by atoms with van der Waals surface area (Å²) in [5.74, 6) is -1.83. The van der Waals surface area contributed by atoms with E-state index in [1.165, 1.54) is 47.3 Å². The minimum Gasteiger partial charge on any atom is -0.494 e. The van der Waals surface area contributed by atoms with Crippen molar-refractivity contribution in [3.63, 3.8) is 0 Å². The monoisotopic (exact) mass is 461 g/mol. The zero-order valence-electron chi connectivity index (χ0n) is 17.1. The molecule has 0 radical (unpaired) electrons. The molecule has 1 amide bonds. The SMILES string of the molecule is COc1c(C#N)ccc(OCC(F)(F)F)c1C(=O)N1Cc2cn(-c3ncccc3F)nc2C1. The lowest BCUT2D eigenvalue weighted by Crippen LogP contribution is -2.28. The molecule has 2 aromatic heterocycles. The van der Waals surface area contributed by atoms with Gasteiger partial charge in [0.25, 0.3) is 5.91 Å². The molecule has 0 unspecified atom stereocenters. The molecule has 3 heterocycles. The molecule has 8 nitrogen and oxygen atoms in total. The third-order valence-corrected chi connectivity index (χ3v) is 4.87. The van der Waals surface area contributed by atoms with Crippen LogP contribution in [-0.4, -0.2) is 45.5 Å². The summed E-state index contributed by atoms with van der Waals surface area (Å²) >= 11 is 0. The quantitative estimate of drug-likeness (QED) is 0.541. The van der Waals surface area contributed by atoms with Gasteiger partial charge in [-0.1, -0.05) is 0 Å². The molecule has 0 aliphatic carbocycles. The Kier molecular flexibility index (Phi) is 5.63. The van der Waals surface area contributed by atoms with Gasteiger partial charge in [0.05, 0.1) is 24.9 Å². The number of fused-ring (bicyclic) bond motifs is 1. The smallest absolute Gasteiger partial charge is 0.422 e. The molecule has 1 aromatic carbocycles. The number of carbonyl (C=O) groups excluding carboxylic acids is 1. The third-order valence-electron chi connectivity index (χ3n) is 4.87. The van der Waals surface area contributed by atoms with E-state index < -0.39 is 24.5 Å². The Labute approximate surface area is 184 Å². The lowest BCUT2D eigenvalue weighted by molar-refractivity contribution is -0.153. The third kappa shape index (κ3) is 4.30. The van der Waals surface area contributed by atoms with Crippen molar-refractivity contribution < 1.29 is 31.8 Å². The maximum Gasteiger partial charge on any atom is 0.422 e. The summed E-state index contributed by atoms with van der Waals surface area (Å²) in [6, 6.07) is 6.86. The van der Waals surface area contributed by atoms with Crippen molar-refractivity contribution in [1.29, 1.82) is 5.26 Å². The van der Waals surface area contributed by atoms with E-state index in [2.05, 4.69) is 10.1 Å². The highest BCUT2D eigenvalue weighted by Crippen LogP contribution is 2.36. The van der Waals surface area contributed by atoms with Crippen LogP contribution in [0.15, 0.2) is 36.7 Å². The fraction of sp³-hybridized carbons (Fsp3) is 0.238. The predicted molar refractivity (Wildman–Crippen MR) is 104 cm³/mol. The van der Waals surface area contributed by atoms with Crippen LogP contribution in [-0.2, 0) is 13.1 Å². The Hall–Kier alpha value is -4.14. The highest BCUT2D eigenvalue weighted by Gasteiger charge is 2.34. The minimum atomic E-state index is -4.63. The molecule has 0 bridgehead atoms. The van der Waals surface area contributed by atoms with Crippen molar-refractivity contribution in [3.05, 3.63) is 64.9 Å². The first kappa shape index (κ1) is 22.1. The summed E-state index contributed by atoms with van der Waals surface area (Å²) in [7, 11) is 1.20. The van der Waals surface area contributed by atoms with E-state index in [4.69, 9.17) is 9.47 Å². The second-order valence-electron chi connectivity index (χ2n) is 7.05. The number of alkyl halides is 3. The number of amides is 1. The van der Waals surface area contributed by atoms with Gasteiger partial charge in [-0.25, -0.2) is 14.1 Å². The van der Waals surface area contributed by atoms with Crippen molar-refractivity contribution in [3.8, 4) is 23.4 Å². The Morgan fingerprint density at radius 2 is 2.06 bits per heavy atom. The fourth-order valence-electron chi connectivity index (χ4n) is 3.46. The van der Waals surface area contributed by atoms with Gasteiger partial charge in [0.2, 0.25) is 0 Å². The summed E-state index contributed by atoms with van der Waals surface area (Å²) in [6.07, 6.45) is -1.69. The van der Waals surface area contributed by atoms with Gasteiger partial charge in [-0.3, -0.25) is 4.79 Å². The van der Waals surface area contributed by atoms with Crippen LogP contribution in [0.25, 0.3) is 5.82 Å². The number of ether oxygens (including phenoxy) is 2. The molecular formula is C21H15F4N5O3. The highest BCUT2D eigenvalue weighted by atomic mass is 19.4. The van der Waals surface area contributed by atoms with Crippen molar-refractivity contribution in [2.24, 2.45) is 0 Å². The molecule has 1 aliphatic rings. The van der Waals surface area contributed by atoms with Crippen LogP contribution in [0.1, 0.15) is 27.2 Å². The maximum atomic E-state index is 14.0. The van der Waals surface area contributed by atoms with Crippen LogP contribution in [0, 0.1) is 17.1 Å². The highest BCUT2D eigenvalue weighted by molar-refractivity contribution is 6.00. The molecule has 3 aromatic rings. The minimum absolute atomic E-state index is 0.00370. The van der Waals surface area contributed by atoms with Gasteiger partial charge in [-0.05, 0) is 24.3 Å². The Morgan fingerprint density at radius 3 is 2.70 bits per heavy atom. The van der Waals surface area contributed by atoms with E-state index in [1.807, 2.05) is 6.07 Å². The molecule has 0 atom stereocenters. The Bertz CT molecular complexity index is 1240. The van der Waals surface area contributed by atoms with Crippen molar-refractivity contribution >= 4 is 5.91 Å². The van der Waals surface area contributed by atoms with E-state index in [-0.39, 0.29) is 41.5 Å². The van der Waals surface area contributed by atoms with Crippen LogP contribution in [0.3, 0.4) is 0 Å². The van der Waals surface area contributed by atoms with E-state index in [1.54, 1.807) is 0 Å². The molecule has 0 saturated carbocycles. The zero-order chi connectivity index (χ0) is 23.8. The van der Waals surface area contributed by atoms with E-state index >= 15 is 0 Å². The first-order valence-corrected chi connectivity index (χ1v) is 9.50. The molecule has 0 saturated heterocycles. The van der Waals surface area contributed by atoms with E-state index in [9.17, 15) is 27.6 Å². The molecule has 0 fully saturated rings. The average Bonchev–Trinajstić information content (AvgIpc) is 3.35. The van der Waals surface area contributed by atoms with Crippen molar-refractivity contribution in [2.75, 3.05) is 13.7 Å². The lowest BCUT2D eigenvalue weighted by atomic mass is 10.1. The number of methoxy groups -OCH3 is 1. The van der Waals surface area contributed by atoms with Crippen molar-refractivity contribution in [1.82, 2.24) is 19.7 Å².